The molecule has 0 fully saturated rings. The van der Waals surface area contributed by atoms with Crippen molar-refractivity contribution < 1.29 is 4.79 Å². The van der Waals surface area contributed by atoms with E-state index in [-0.39, 0.29) is 5.91 Å². The van der Waals surface area contributed by atoms with Crippen LogP contribution in [0.2, 0.25) is 0 Å². The summed E-state index contributed by atoms with van der Waals surface area (Å²) in [6.07, 6.45) is 6.60. The van der Waals surface area contributed by atoms with Gasteiger partial charge >= 0.3 is 0 Å². The molecule has 0 saturated carbocycles. The minimum absolute atomic E-state index is 0.112. The first kappa shape index (κ1) is 9.39. The SMILES string of the molecule is O=C(NCc1cn[nH]c1)c1ccncc1. The van der Waals surface area contributed by atoms with E-state index >= 15 is 0 Å². The number of rotatable bonds is 3. The molecule has 76 valence electrons. The lowest BCUT2D eigenvalue weighted by Gasteiger charge is -2.02. The second-order valence-corrected chi connectivity index (χ2v) is 3.03. The number of pyridine rings is 1. The number of hydrogen-bond donors (Lipinski definition) is 2. The number of carbonyl (C=O) groups is 1. The lowest BCUT2D eigenvalue weighted by atomic mass is 10.2. The molecule has 2 heterocycles. The molecule has 0 aromatic carbocycles. The fourth-order valence-corrected chi connectivity index (χ4v) is 1.16. The first-order chi connectivity index (χ1) is 7.36. The van der Waals surface area contributed by atoms with Crippen LogP contribution < -0.4 is 5.32 Å². The van der Waals surface area contributed by atoms with Crippen molar-refractivity contribution in [3.63, 3.8) is 0 Å². The number of aromatic nitrogens is 3. The van der Waals surface area contributed by atoms with Gasteiger partial charge in [-0.3, -0.25) is 14.9 Å². The third-order valence-corrected chi connectivity index (χ3v) is 1.95. The minimum atomic E-state index is -0.112. The van der Waals surface area contributed by atoms with Crippen molar-refractivity contribution in [1.29, 1.82) is 0 Å². The molecule has 0 aliphatic carbocycles. The van der Waals surface area contributed by atoms with E-state index in [1.165, 1.54) is 0 Å². The molecule has 0 aliphatic heterocycles. The fraction of sp³-hybridized carbons (Fsp3) is 0.100. The zero-order chi connectivity index (χ0) is 10.5. The van der Waals surface area contributed by atoms with Crippen molar-refractivity contribution in [2.45, 2.75) is 6.54 Å². The topological polar surface area (TPSA) is 70.7 Å². The summed E-state index contributed by atoms with van der Waals surface area (Å²) in [7, 11) is 0. The molecular formula is C10H10N4O. The number of nitrogens with zero attached hydrogens (tertiary/aromatic N) is 2. The van der Waals surface area contributed by atoms with E-state index in [1.807, 2.05) is 0 Å². The second kappa shape index (κ2) is 4.36. The number of amides is 1. The molecular weight excluding hydrogens is 192 g/mol. The highest BCUT2D eigenvalue weighted by Gasteiger charge is 2.03. The summed E-state index contributed by atoms with van der Waals surface area (Å²) in [4.78, 5) is 15.4. The molecule has 15 heavy (non-hydrogen) atoms. The Kier molecular flexibility index (Phi) is 2.73. The van der Waals surface area contributed by atoms with Gasteiger partial charge in [0.1, 0.15) is 0 Å². The Hall–Kier alpha value is -2.17. The van der Waals surface area contributed by atoms with Crippen LogP contribution in [0.5, 0.6) is 0 Å². The average Bonchev–Trinajstić information content (AvgIpc) is 2.80. The van der Waals surface area contributed by atoms with Crippen molar-refractivity contribution in [3.05, 3.63) is 48.0 Å². The van der Waals surface area contributed by atoms with Gasteiger partial charge < -0.3 is 5.32 Å². The summed E-state index contributed by atoms with van der Waals surface area (Å²) in [5.74, 6) is -0.112. The Labute approximate surface area is 86.5 Å². The molecule has 0 unspecified atom stereocenters. The summed E-state index contributed by atoms with van der Waals surface area (Å²) >= 11 is 0. The highest BCUT2D eigenvalue weighted by atomic mass is 16.1. The molecule has 5 heteroatoms. The van der Waals surface area contributed by atoms with Crippen LogP contribution in [0.4, 0.5) is 0 Å². The fourth-order valence-electron chi connectivity index (χ4n) is 1.16. The molecule has 5 nitrogen and oxygen atoms in total. The van der Waals surface area contributed by atoms with E-state index in [4.69, 9.17) is 0 Å². The van der Waals surface area contributed by atoms with Crippen LogP contribution in [-0.4, -0.2) is 21.1 Å². The predicted octanol–water partition coefficient (Wildman–Crippen LogP) is 0.735. The molecule has 2 N–H and O–H groups in total. The molecule has 0 bridgehead atoms. The van der Waals surface area contributed by atoms with Crippen molar-refractivity contribution in [2.24, 2.45) is 0 Å². The Morgan fingerprint density at radius 3 is 2.87 bits per heavy atom. The zero-order valence-electron chi connectivity index (χ0n) is 7.97. The zero-order valence-corrected chi connectivity index (χ0v) is 7.97. The quantitative estimate of drug-likeness (QED) is 0.771. The summed E-state index contributed by atoms with van der Waals surface area (Å²) in [6, 6.07) is 3.34. The van der Waals surface area contributed by atoms with E-state index in [0.717, 1.165) is 5.56 Å². The number of H-pyrrole nitrogens is 1. The molecule has 0 saturated heterocycles. The van der Waals surface area contributed by atoms with Gasteiger partial charge in [0.25, 0.3) is 5.91 Å². The van der Waals surface area contributed by atoms with Gasteiger partial charge in [-0.05, 0) is 12.1 Å². The van der Waals surface area contributed by atoms with E-state index < -0.39 is 0 Å². The summed E-state index contributed by atoms with van der Waals surface area (Å²) in [5, 5.41) is 9.24. The summed E-state index contributed by atoms with van der Waals surface area (Å²) in [5.41, 5.74) is 1.55. The molecule has 2 rings (SSSR count). The van der Waals surface area contributed by atoms with Gasteiger partial charge in [-0.1, -0.05) is 0 Å². The number of carbonyl (C=O) groups excluding carboxylic acids is 1. The van der Waals surface area contributed by atoms with Crippen molar-refractivity contribution in [3.8, 4) is 0 Å². The lowest BCUT2D eigenvalue weighted by Crippen LogP contribution is -2.22. The predicted molar refractivity (Wildman–Crippen MR) is 54.0 cm³/mol. The van der Waals surface area contributed by atoms with E-state index in [2.05, 4.69) is 20.5 Å². The van der Waals surface area contributed by atoms with Gasteiger partial charge in [0, 0.05) is 36.3 Å². The third kappa shape index (κ3) is 2.40. The molecule has 0 spiro atoms. The normalized spacial score (nSPS) is 9.87. The van der Waals surface area contributed by atoms with E-state index in [0.29, 0.717) is 12.1 Å². The Morgan fingerprint density at radius 2 is 2.20 bits per heavy atom. The lowest BCUT2D eigenvalue weighted by molar-refractivity contribution is 0.0951. The first-order valence-corrected chi connectivity index (χ1v) is 4.52. The number of aromatic amines is 1. The van der Waals surface area contributed by atoms with Crippen molar-refractivity contribution in [2.75, 3.05) is 0 Å². The standard InChI is InChI=1S/C10H10N4O/c15-10(9-1-3-11-4-2-9)12-5-8-6-13-14-7-8/h1-4,6-7H,5H2,(H,12,15)(H,13,14). The third-order valence-electron chi connectivity index (χ3n) is 1.95. The summed E-state index contributed by atoms with van der Waals surface area (Å²) < 4.78 is 0. The van der Waals surface area contributed by atoms with Gasteiger partial charge in [-0.25, -0.2) is 0 Å². The molecule has 2 aromatic heterocycles. The van der Waals surface area contributed by atoms with Gasteiger partial charge in [0.15, 0.2) is 0 Å². The van der Waals surface area contributed by atoms with Crippen LogP contribution in [0.1, 0.15) is 15.9 Å². The van der Waals surface area contributed by atoms with E-state index in [1.54, 1.807) is 36.9 Å². The van der Waals surface area contributed by atoms with Crippen LogP contribution in [0, 0.1) is 0 Å². The minimum Gasteiger partial charge on any atom is -0.348 e. The monoisotopic (exact) mass is 202 g/mol. The second-order valence-electron chi connectivity index (χ2n) is 3.03. The van der Waals surface area contributed by atoms with Crippen molar-refractivity contribution >= 4 is 5.91 Å². The maximum Gasteiger partial charge on any atom is 0.251 e. The molecule has 0 atom stereocenters. The Balaban J connectivity index is 1.94. The molecule has 0 radical (unpaired) electrons. The van der Waals surface area contributed by atoms with Crippen LogP contribution >= 0.6 is 0 Å². The molecule has 1 amide bonds. The van der Waals surface area contributed by atoms with Crippen LogP contribution in [0.3, 0.4) is 0 Å². The summed E-state index contributed by atoms with van der Waals surface area (Å²) in [6.45, 7) is 0.470. The molecule has 0 aliphatic rings. The van der Waals surface area contributed by atoms with Gasteiger partial charge in [0.2, 0.25) is 0 Å². The van der Waals surface area contributed by atoms with Crippen LogP contribution in [0.25, 0.3) is 0 Å². The Bertz CT molecular complexity index is 424. The smallest absolute Gasteiger partial charge is 0.251 e. The number of hydrogen-bond acceptors (Lipinski definition) is 3. The maximum absolute atomic E-state index is 11.6. The molecule has 2 aromatic rings. The van der Waals surface area contributed by atoms with E-state index in [9.17, 15) is 4.79 Å². The van der Waals surface area contributed by atoms with Gasteiger partial charge in [-0.15, -0.1) is 0 Å². The first-order valence-electron chi connectivity index (χ1n) is 4.52. The van der Waals surface area contributed by atoms with Gasteiger partial charge in [-0.2, -0.15) is 5.10 Å². The highest BCUT2D eigenvalue weighted by molar-refractivity contribution is 5.93. The van der Waals surface area contributed by atoms with Crippen LogP contribution in [-0.2, 0) is 6.54 Å². The van der Waals surface area contributed by atoms with Gasteiger partial charge in [0.05, 0.1) is 6.20 Å². The number of nitrogens with one attached hydrogen (secondary N) is 2. The largest absolute Gasteiger partial charge is 0.348 e. The van der Waals surface area contributed by atoms with Crippen molar-refractivity contribution in [1.82, 2.24) is 20.5 Å². The Morgan fingerprint density at radius 1 is 1.40 bits per heavy atom. The maximum atomic E-state index is 11.6. The average molecular weight is 202 g/mol. The highest BCUT2D eigenvalue weighted by Crippen LogP contribution is 1.97. The van der Waals surface area contributed by atoms with Crippen LogP contribution in [0.15, 0.2) is 36.9 Å².